The van der Waals surface area contributed by atoms with Crippen molar-refractivity contribution < 1.29 is 0 Å². The Morgan fingerprint density at radius 2 is 2.50 bits per heavy atom. The molecular formula is C6H12ClN. The Hall–Kier alpha value is 0.250. The Kier molecular flexibility index (Phi) is 2.15. The zero-order chi connectivity index (χ0) is 5.98. The fourth-order valence-corrected chi connectivity index (χ4v) is 1.56. The van der Waals surface area contributed by atoms with Gasteiger partial charge in [0.05, 0.1) is 0 Å². The van der Waals surface area contributed by atoms with Gasteiger partial charge in [-0.05, 0) is 26.4 Å². The molecule has 1 nitrogen and oxygen atoms in total. The first-order chi connectivity index (χ1) is 3.84. The standard InChI is InChI=1S/C6H12ClN/c1-8-4-2-3-6(8)5-7/h6H,2-5H2,1H3. The van der Waals surface area contributed by atoms with E-state index in [2.05, 4.69) is 11.9 Å². The minimum atomic E-state index is 0.664. The first-order valence-corrected chi connectivity index (χ1v) is 3.64. The molecule has 0 bridgehead atoms. The van der Waals surface area contributed by atoms with Gasteiger partial charge in [-0.25, -0.2) is 0 Å². The van der Waals surface area contributed by atoms with Gasteiger partial charge in [-0.15, -0.1) is 11.6 Å². The molecule has 1 atom stereocenters. The molecule has 1 unspecified atom stereocenters. The lowest BCUT2D eigenvalue weighted by Gasteiger charge is -2.14. The van der Waals surface area contributed by atoms with Gasteiger partial charge in [0.1, 0.15) is 0 Å². The molecule has 0 aromatic rings. The fraction of sp³-hybridized carbons (Fsp3) is 1.00. The van der Waals surface area contributed by atoms with E-state index in [1.54, 1.807) is 0 Å². The van der Waals surface area contributed by atoms with Gasteiger partial charge in [-0.3, -0.25) is 0 Å². The molecule has 8 heavy (non-hydrogen) atoms. The fourth-order valence-electron chi connectivity index (χ4n) is 1.17. The quantitative estimate of drug-likeness (QED) is 0.488. The predicted octanol–water partition coefficient (Wildman–Crippen LogP) is 1.32. The Labute approximate surface area is 55.6 Å². The largest absolute Gasteiger partial charge is 0.302 e. The van der Waals surface area contributed by atoms with Crippen LogP contribution >= 0.6 is 11.6 Å². The van der Waals surface area contributed by atoms with Crippen LogP contribution in [0.25, 0.3) is 0 Å². The van der Waals surface area contributed by atoms with Gasteiger partial charge in [0.25, 0.3) is 0 Å². The van der Waals surface area contributed by atoms with Crippen molar-refractivity contribution >= 4 is 11.6 Å². The Morgan fingerprint density at radius 3 is 2.75 bits per heavy atom. The highest BCUT2D eigenvalue weighted by molar-refractivity contribution is 6.18. The lowest BCUT2D eigenvalue weighted by molar-refractivity contribution is 0.334. The molecule has 0 aliphatic carbocycles. The van der Waals surface area contributed by atoms with Crippen molar-refractivity contribution in [1.82, 2.24) is 4.90 Å². The smallest absolute Gasteiger partial charge is 0.0379 e. The van der Waals surface area contributed by atoms with E-state index in [1.807, 2.05) is 0 Å². The summed E-state index contributed by atoms with van der Waals surface area (Å²) < 4.78 is 0. The maximum atomic E-state index is 5.66. The van der Waals surface area contributed by atoms with Crippen LogP contribution in [-0.4, -0.2) is 30.4 Å². The zero-order valence-corrected chi connectivity index (χ0v) is 5.99. The van der Waals surface area contributed by atoms with E-state index < -0.39 is 0 Å². The molecule has 1 fully saturated rings. The molecule has 1 heterocycles. The van der Waals surface area contributed by atoms with Gasteiger partial charge in [-0.2, -0.15) is 0 Å². The number of hydrogen-bond acceptors (Lipinski definition) is 1. The molecule has 1 rings (SSSR count). The van der Waals surface area contributed by atoms with Crippen LogP contribution in [0, 0.1) is 0 Å². The molecule has 0 N–H and O–H groups in total. The highest BCUT2D eigenvalue weighted by atomic mass is 35.5. The Morgan fingerprint density at radius 1 is 1.75 bits per heavy atom. The van der Waals surface area contributed by atoms with Crippen LogP contribution in [0.1, 0.15) is 12.8 Å². The summed E-state index contributed by atoms with van der Waals surface area (Å²) in [5.74, 6) is 0.802. The highest BCUT2D eigenvalue weighted by Gasteiger charge is 2.18. The third-order valence-electron chi connectivity index (χ3n) is 1.85. The van der Waals surface area contributed by atoms with Gasteiger partial charge in [0.15, 0.2) is 0 Å². The average Bonchev–Trinajstić information content (AvgIpc) is 2.14. The van der Waals surface area contributed by atoms with Gasteiger partial charge < -0.3 is 4.90 Å². The second-order valence-corrected chi connectivity index (χ2v) is 2.74. The molecule has 0 aromatic heterocycles. The van der Waals surface area contributed by atoms with Crippen molar-refractivity contribution in [3.63, 3.8) is 0 Å². The minimum Gasteiger partial charge on any atom is -0.302 e. The number of rotatable bonds is 1. The van der Waals surface area contributed by atoms with E-state index in [-0.39, 0.29) is 0 Å². The predicted molar refractivity (Wildman–Crippen MR) is 36.4 cm³/mol. The summed E-state index contributed by atoms with van der Waals surface area (Å²) in [6.45, 7) is 1.23. The second-order valence-electron chi connectivity index (χ2n) is 2.43. The van der Waals surface area contributed by atoms with Crippen molar-refractivity contribution in [2.24, 2.45) is 0 Å². The van der Waals surface area contributed by atoms with Crippen LogP contribution in [0.2, 0.25) is 0 Å². The van der Waals surface area contributed by atoms with Crippen molar-refractivity contribution in [3.8, 4) is 0 Å². The molecule has 0 spiro atoms. The molecule has 1 aliphatic heterocycles. The average molecular weight is 134 g/mol. The van der Waals surface area contributed by atoms with E-state index in [0.29, 0.717) is 6.04 Å². The zero-order valence-electron chi connectivity index (χ0n) is 5.23. The topological polar surface area (TPSA) is 3.24 Å². The van der Waals surface area contributed by atoms with E-state index in [4.69, 9.17) is 11.6 Å². The van der Waals surface area contributed by atoms with Crippen molar-refractivity contribution in [2.45, 2.75) is 18.9 Å². The molecule has 48 valence electrons. The van der Waals surface area contributed by atoms with Crippen molar-refractivity contribution in [3.05, 3.63) is 0 Å². The molecule has 0 amide bonds. The van der Waals surface area contributed by atoms with Crippen LogP contribution in [0.15, 0.2) is 0 Å². The van der Waals surface area contributed by atoms with E-state index in [1.165, 1.54) is 19.4 Å². The summed E-state index contributed by atoms with van der Waals surface area (Å²) in [5, 5.41) is 0. The molecule has 0 saturated carbocycles. The van der Waals surface area contributed by atoms with Gasteiger partial charge in [0, 0.05) is 11.9 Å². The number of likely N-dealkylation sites (tertiary alicyclic amines) is 1. The lowest BCUT2D eigenvalue weighted by Crippen LogP contribution is -2.25. The van der Waals surface area contributed by atoms with Crippen LogP contribution in [-0.2, 0) is 0 Å². The maximum Gasteiger partial charge on any atom is 0.0379 e. The number of halogens is 1. The number of nitrogens with zero attached hydrogens (tertiary/aromatic N) is 1. The minimum absolute atomic E-state index is 0.664. The summed E-state index contributed by atoms with van der Waals surface area (Å²) >= 11 is 5.66. The first-order valence-electron chi connectivity index (χ1n) is 3.11. The molecule has 2 heteroatoms. The summed E-state index contributed by atoms with van der Waals surface area (Å²) in [6, 6.07) is 0.664. The van der Waals surface area contributed by atoms with Crippen molar-refractivity contribution in [1.29, 1.82) is 0 Å². The summed E-state index contributed by atoms with van der Waals surface area (Å²) in [5.41, 5.74) is 0. The Bertz CT molecular complexity index is 74.9. The normalized spacial score (nSPS) is 31.5. The van der Waals surface area contributed by atoms with Gasteiger partial charge in [-0.1, -0.05) is 0 Å². The molecular weight excluding hydrogens is 122 g/mol. The first kappa shape index (κ1) is 6.37. The monoisotopic (exact) mass is 133 g/mol. The van der Waals surface area contributed by atoms with Crippen LogP contribution in [0.5, 0.6) is 0 Å². The lowest BCUT2D eigenvalue weighted by atomic mass is 10.2. The second kappa shape index (κ2) is 2.70. The number of alkyl halides is 1. The SMILES string of the molecule is CN1CCCC1CCl. The summed E-state index contributed by atoms with van der Waals surface area (Å²) in [4.78, 5) is 2.33. The Balaban J connectivity index is 2.30. The van der Waals surface area contributed by atoms with E-state index in [9.17, 15) is 0 Å². The summed E-state index contributed by atoms with van der Waals surface area (Å²) in [7, 11) is 2.14. The van der Waals surface area contributed by atoms with Crippen molar-refractivity contribution in [2.75, 3.05) is 19.5 Å². The van der Waals surface area contributed by atoms with Gasteiger partial charge >= 0.3 is 0 Å². The van der Waals surface area contributed by atoms with Crippen LogP contribution in [0.3, 0.4) is 0 Å². The number of hydrogen-bond donors (Lipinski definition) is 0. The third-order valence-corrected chi connectivity index (χ3v) is 2.21. The third kappa shape index (κ3) is 1.15. The van der Waals surface area contributed by atoms with Crippen LogP contribution < -0.4 is 0 Å². The molecule has 0 radical (unpaired) electrons. The maximum absolute atomic E-state index is 5.66. The summed E-state index contributed by atoms with van der Waals surface area (Å²) in [6.07, 6.45) is 2.62. The van der Waals surface area contributed by atoms with E-state index >= 15 is 0 Å². The highest BCUT2D eigenvalue weighted by Crippen LogP contribution is 2.14. The van der Waals surface area contributed by atoms with Crippen LogP contribution in [0.4, 0.5) is 0 Å². The molecule has 1 aliphatic rings. The van der Waals surface area contributed by atoms with E-state index in [0.717, 1.165) is 5.88 Å². The molecule has 1 saturated heterocycles. The molecule has 0 aromatic carbocycles. The van der Waals surface area contributed by atoms with Gasteiger partial charge in [0.2, 0.25) is 0 Å².